The van der Waals surface area contributed by atoms with E-state index in [4.69, 9.17) is 26.0 Å². The first kappa shape index (κ1) is 27.9. The molecule has 0 aromatic heterocycles. The number of hydrogen-bond acceptors (Lipinski definition) is 5. The number of aromatic nitrogens is 1. The van der Waals surface area contributed by atoms with E-state index in [-0.39, 0.29) is 0 Å². The van der Waals surface area contributed by atoms with Crippen molar-refractivity contribution in [3.63, 3.8) is 0 Å². The lowest BCUT2D eigenvalue weighted by molar-refractivity contribution is 0.312. The van der Waals surface area contributed by atoms with E-state index in [1.807, 2.05) is 31.1 Å². The van der Waals surface area contributed by atoms with Crippen molar-refractivity contribution in [3.05, 3.63) is 111 Å². The van der Waals surface area contributed by atoms with E-state index in [2.05, 4.69) is 85.5 Å². The molecular formula is C34H37ClN4O. The minimum atomic E-state index is 0.579. The van der Waals surface area contributed by atoms with E-state index in [1.54, 1.807) is 0 Å². The minimum Gasteiger partial charge on any atom is -0.453 e. The van der Waals surface area contributed by atoms with Crippen LogP contribution in [0.4, 0.5) is 5.69 Å². The van der Waals surface area contributed by atoms with E-state index >= 15 is 0 Å². The maximum absolute atomic E-state index is 6.77. The summed E-state index contributed by atoms with van der Waals surface area (Å²) >= 11 is 6.77. The number of benzene rings is 4. The lowest BCUT2D eigenvalue weighted by atomic mass is 9.91. The smallest absolute Gasteiger partial charge is 0.156 e. The van der Waals surface area contributed by atoms with Crippen LogP contribution in [0, 0.1) is 0 Å². The zero-order chi connectivity index (χ0) is 28.1. The first-order valence-electron chi connectivity index (χ1n) is 14.0. The summed E-state index contributed by atoms with van der Waals surface area (Å²) in [5.41, 5.74) is 7.92. The molecule has 2 aliphatic rings. The SMILES string of the molecule is CCN(CC)CCN=c1cc2oc3cc(N(C)C)cc(Cl)c3nc-2c(Cc2ccccc2)c1Cc1ccccc1. The van der Waals surface area contributed by atoms with Gasteiger partial charge in [0.1, 0.15) is 11.2 Å². The molecule has 0 saturated carbocycles. The normalized spacial score (nSPS) is 12.1. The van der Waals surface area contributed by atoms with Gasteiger partial charge in [0.15, 0.2) is 11.3 Å². The first-order chi connectivity index (χ1) is 19.5. The number of anilines is 1. The zero-order valence-corrected chi connectivity index (χ0v) is 24.6. The van der Waals surface area contributed by atoms with Gasteiger partial charge in [0.05, 0.1) is 16.9 Å². The highest BCUT2D eigenvalue weighted by molar-refractivity contribution is 6.35. The molecule has 0 saturated heterocycles. The number of fused-ring (bicyclic) bond motifs is 2. The van der Waals surface area contributed by atoms with Crippen LogP contribution in [0.15, 0.2) is 88.3 Å². The molecule has 3 aromatic carbocycles. The second kappa shape index (κ2) is 12.7. The van der Waals surface area contributed by atoms with Gasteiger partial charge in [0, 0.05) is 44.9 Å². The van der Waals surface area contributed by atoms with E-state index in [9.17, 15) is 0 Å². The van der Waals surface area contributed by atoms with Crippen LogP contribution in [-0.2, 0) is 12.8 Å². The van der Waals surface area contributed by atoms with Gasteiger partial charge in [0.25, 0.3) is 0 Å². The van der Waals surface area contributed by atoms with Crippen LogP contribution in [-0.4, -0.2) is 50.2 Å². The first-order valence-corrected chi connectivity index (χ1v) is 14.4. The van der Waals surface area contributed by atoms with Gasteiger partial charge in [-0.05, 0) is 47.8 Å². The van der Waals surface area contributed by atoms with Crippen molar-refractivity contribution in [1.29, 1.82) is 0 Å². The highest BCUT2D eigenvalue weighted by atomic mass is 35.5. The Morgan fingerprint density at radius 3 is 2.05 bits per heavy atom. The summed E-state index contributed by atoms with van der Waals surface area (Å²) < 4.78 is 6.57. The van der Waals surface area contributed by atoms with E-state index in [1.165, 1.54) is 16.7 Å². The minimum absolute atomic E-state index is 0.579. The topological polar surface area (TPSA) is 44.9 Å². The molecule has 5 rings (SSSR count). The number of nitrogens with zero attached hydrogens (tertiary/aromatic N) is 4. The van der Waals surface area contributed by atoms with Crippen LogP contribution in [0.25, 0.3) is 22.6 Å². The van der Waals surface area contributed by atoms with Gasteiger partial charge in [-0.1, -0.05) is 86.1 Å². The summed E-state index contributed by atoms with van der Waals surface area (Å²) in [7, 11) is 3.99. The van der Waals surface area contributed by atoms with Gasteiger partial charge in [-0.2, -0.15) is 0 Å². The average Bonchev–Trinajstić information content (AvgIpc) is 2.97. The van der Waals surface area contributed by atoms with E-state index < -0.39 is 0 Å². The molecule has 0 fully saturated rings. The number of likely N-dealkylation sites (N-methyl/N-ethyl adjacent to an activating group) is 1. The highest BCUT2D eigenvalue weighted by Crippen LogP contribution is 2.35. The summed E-state index contributed by atoms with van der Waals surface area (Å²) in [4.78, 5) is 14.7. The van der Waals surface area contributed by atoms with Crippen LogP contribution in [0.3, 0.4) is 0 Å². The lowest BCUT2D eigenvalue weighted by Gasteiger charge is -2.19. The Kier molecular flexibility index (Phi) is 8.83. The second-order valence-corrected chi connectivity index (χ2v) is 10.7. The fourth-order valence-electron chi connectivity index (χ4n) is 5.14. The molecule has 0 radical (unpaired) electrons. The lowest BCUT2D eigenvalue weighted by Crippen LogP contribution is -2.27. The number of hydrogen-bond donors (Lipinski definition) is 0. The van der Waals surface area contributed by atoms with Crippen LogP contribution < -0.4 is 10.3 Å². The molecular weight excluding hydrogens is 516 g/mol. The predicted molar refractivity (Wildman–Crippen MR) is 167 cm³/mol. The molecule has 6 heteroatoms. The Balaban J connectivity index is 1.77. The fraction of sp³-hybridized carbons (Fsp3) is 0.294. The van der Waals surface area contributed by atoms with Gasteiger partial charge in [0.2, 0.25) is 0 Å². The molecule has 5 nitrogen and oxygen atoms in total. The van der Waals surface area contributed by atoms with Crippen molar-refractivity contribution in [2.75, 3.05) is 45.2 Å². The second-order valence-electron chi connectivity index (χ2n) is 10.3. The van der Waals surface area contributed by atoms with Gasteiger partial charge >= 0.3 is 0 Å². The van der Waals surface area contributed by atoms with E-state index in [0.717, 1.165) is 67.1 Å². The summed E-state index contributed by atoms with van der Waals surface area (Å²) in [5, 5.41) is 1.55. The Hall–Kier alpha value is -3.67. The van der Waals surface area contributed by atoms with Gasteiger partial charge in [-0.25, -0.2) is 4.98 Å². The maximum atomic E-state index is 6.77. The maximum Gasteiger partial charge on any atom is 0.156 e. The molecule has 0 atom stereocenters. The van der Waals surface area contributed by atoms with Crippen molar-refractivity contribution in [2.45, 2.75) is 26.7 Å². The zero-order valence-electron chi connectivity index (χ0n) is 23.8. The fourth-order valence-corrected chi connectivity index (χ4v) is 5.39. The summed E-state index contributed by atoms with van der Waals surface area (Å²) in [6, 6.07) is 27.1. The Bertz CT molecular complexity index is 1610. The van der Waals surface area contributed by atoms with Crippen molar-refractivity contribution in [2.24, 2.45) is 4.99 Å². The number of halogens is 1. The Labute approximate surface area is 242 Å². The predicted octanol–water partition coefficient (Wildman–Crippen LogP) is 7.08. The molecule has 0 spiro atoms. The monoisotopic (exact) mass is 552 g/mol. The highest BCUT2D eigenvalue weighted by Gasteiger charge is 2.22. The third kappa shape index (κ3) is 6.22. The van der Waals surface area contributed by atoms with Crippen LogP contribution >= 0.6 is 11.6 Å². The molecule has 0 unspecified atom stereocenters. The number of rotatable bonds is 10. The molecule has 0 bridgehead atoms. The Morgan fingerprint density at radius 2 is 1.45 bits per heavy atom. The molecule has 1 heterocycles. The van der Waals surface area contributed by atoms with Crippen molar-refractivity contribution < 1.29 is 4.42 Å². The largest absolute Gasteiger partial charge is 0.453 e. The van der Waals surface area contributed by atoms with E-state index in [0.29, 0.717) is 16.1 Å². The average molecular weight is 553 g/mol. The summed E-state index contributed by atoms with van der Waals surface area (Å²) in [5.74, 6) is 0.726. The van der Waals surface area contributed by atoms with Gasteiger partial charge in [-0.15, -0.1) is 0 Å². The quantitative estimate of drug-likeness (QED) is 0.174. The Morgan fingerprint density at radius 1 is 0.825 bits per heavy atom. The van der Waals surface area contributed by atoms with Crippen molar-refractivity contribution in [3.8, 4) is 11.5 Å². The summed E-state index contributed by atoms with van der Waals surface area (Å²) in [6.07, 6.45) is 1.48. The van der Waals surface area contributed by atoms with Crippen molar-refractivity contribution in [1.82, 2.24) is 9.88 Å². The molecule has 0 N–H and O–H groups in total. The molecule has 206 valence electrons. The van der Waals surface area contributed by atoms with Crippen LogP contribution in [0.5, 0.6) is 0 Å². The van der Waals surface area contributed by atoms with Gasteiger partial charge in [-0.3, -0.25) is 4.99 Å². The third-order valence-corrected chi connectivity index (χ3v) is 7.76. The molecule has 0 amide bonds. The van der Waals surface area contributed by atoms with Crippen LogP contribution in [0.2, 0.25) is 5.02 Å². The van der Waals surface area contributed by atoms with Crippen LogP contribution in [0.1, 0.15) is 36.1 Å². The van der Waals surface area contributed by atoms with Crippen molar-refractivity contribution >= 4 is 28.4 Å². The molecule has 3 aromatic rings. The molecule has 1 aliphatic heterocycles. The standard InChI is InChI=1S/C34H37ClN4O/c1-5-39(6-2)18-17-36-30-23-32-33(37-34-29(35)21-26(38(3)4)22-31(34)40-32)28(20-25-15-11-8-12-16-25)27(30)19-24-13-9-7-10-14-24/h7-16,21-23H,5-6,17-20H2,1-4H3. The molecule has 40 heavy (non-hydrogen) atoms. The summed E-state index contributed by atoms with van der Waals surface area (Å²) in [6.45, 7) is 8.05. The van der Waals surface area contributed by atoms with Gasteiger partial charge < -0.3 is 14.2 Å². The third-order valence-electron chi connectivity index (χ3n) is 7.47. The molecule has 1 aliphatic carbocycles.